The number of benzene rings is 2. The highest BCUT2D eigenvalue weighted by molar-refractivity contribution is 7.86. The summed E-state index contributed by atoms with van der Waals surface area (Å²) in [5, 5.41) is 4.20. The molecule has 0 unspecified atom stereocenters. The second kappa shape index (κ2) is 8.74. The van der Waals surface area contributed by atoms with Crippen molar-refractivity contribution >= 4 is 21.8 Å². The molecule has 1 amide bonds. The number of rotatable bonds is 3. The lowest BCUT2D eigenvalue weighted by atomic mass is 10.1. The Labute approximate surface area is 198 Å². The maximum atomic E-state index is 13.3. The quantitative estimate of drug-likeness (QED) is 0.302. The van der Waals surface area contributed by atoms with Crippen LogP contribution in [-0.4, -0.2) is 37.8 Å². The number of aromatic nitrogens is 2. The Kier molecular flexibility index (Phi) is 6.06. The predicted molar refractivity (Wildman–Crippen MR) is 117 cm³/mol. The van der Waals surface area contributed by atoms with Crippen molar-refractivity contribution in [2.24, 2.45) is 0 Å². The number of methoxy groups -OCH3 is 1. The number of hydrogen-bond donors (Lipinski definition) is 0. The van der Waals surface area contributed by atoms with E-state index in [1.54, 1.807) is 6.92 Å². The summed E-state index contributed by atoms with van der Waals surface area (Å²) in [6.07, 6.45) is -3.26. The van der Waals surface area contributed by atoms with Crippen molar-refractivity contribution < 1.29 is 35.0 Å². The first-order valence-electron chi connectivity index (χ1n) is 10.1. The van der Waals surface area contributed by atoms with E-state index in [0.717, 1.165) is 31.4 Å². The molecule has 0 saturated heterocycles. The number of carbonyl (C=O) groups is 1. The Hall–Kier alpha value is -3.85. The highest BCUT2D eigenvalue weighted by Crippen LogP contribution is 2.39. The van der Waals surface area contributed by atoms with Crippen molar-refractivity contribution in [2.75, 3.05) is 18.6 Å². The third-order valence-electron chi connectivity index (χ3n) is 5.37. The van der Waals surface area contributed by atoms with Gasteiger partial charge in [-0.25, -0.2) is 0 Å². The number of fused-ring (bicyclic) bond motifs is 1. The molecule has 0 bridgehead atoms. The van der Waals surface area contributed by atoms with Gasteiger partial charge >= 0.3 is 16.4 Å². The summed E-state index contributed by atoms with van der Waals surface area (Å²) in [4.78, 5) is 14.1. The van der Waals surface area contributed by atoms with Crippen LogP contribution in [0.5, 0.6) is 5.75 Å². The zero-order valence-electron chi connectivity index (χ0n) is 18.3. The Bertz CT molecular complexity index is 1490. The summed E-state index contributed by atoms with van der Waals surface area (Å²) >= 11 is 0. The van der Waals surface area contributed by atoms with E-state index >= 15 is 0 Å². The zero-order valence-corrected chi connectivity index (χ0v) is 19.1. The molecule has 3 aromatic rings. The topological polar surface area (TPSA) is 81.5 Å². The lowest BCUT2D eigenvalue weighted by Crippen LogP contribution is -2.43. The van der Waals surface area contributed by atoms with Crippen LogP contribution >= 0.6 is 0 Å². The van der Waals surface area contributed by atoms with Crippen LogP contribution in [0.25, 0.3) is 0 Å². The van der Waals surface area contributed by atoms with Crippen LogP contribution in [0.15, 0.2) is 53.6 Å². The molecule has 2 heterocycles. The van der Waals surface area contributed by atoms with E-state index in [2.05, 4.69) is 16.9 Å². The highest BCUT2D eigenvalue weighted by atomic mass is 32.3. The Morgan fingerprint density at radius 3 is 2.54 bits per heavy atom. The van der Waals surface area contributed by atoms with Gasteiger partial charge in [0.1, 0.15) is 11.4 Å². The number of nitrogens with zero attached hydrogens (tertiary/aromatic N) is 3. The normalized spacial score (nSPS) is 15.9. The lowest BCUT2D eigenvalue weighted by molar-refractivity contribution is -0.138. The van der Waals surface area contributed by atoms with Gasteiger partial charge in [0, 0.05) is 23.9 Å². The summed E-state index contributed by atoms with van der Waals surface area (Å²) in [7, 11) is -3.80. The molecule has 182 valence electrons. The minimum atomic E-state index is -4.91. The van der Waals surface area contributed by atoms with Crippen LogP contribution < -0.4 is 9.64 Å². The molecule has 35 heavy (non-hydrogen) atoms. The molecule has 1 aliphatic rings. The van der Waals surface area contributed by atoms with E-state index in [4.69, 9.17) is 4.74 Å². The van der Waals surface area contributed by atoms with Gasteiger partial charge in [-0.15, -0.1) is 3.89 Å². The number of anilines is 1. The van der Waals surface area contributed by atoms with Gasteiger partial charge in [0.25, 0.3) is 5.91 Å². The molecular weight excluding hydrogens is 490 g/mol. The van der Waals surface area contributed by atoms with Crippen molar-refractivity contribution in [3.8, 4) is 17.6 Å². The average Bonchev–Trinajstić information content (AvgIpc) is 3.23. The minimum Gasteiger partial charge on any atom is -0.496 e. The monoisotopic (exact) mass is 507 g/mol. The molecule has 1 atom stereocenters. The third kappa shape index (κ3) is 4.72. The van der Waals surface area contributed by atoms with E-state index in [9.17, 15) is 30.3 Å². The van der Waals surface area contributed by atoms with Crippen molar-refractivity contribution in [2.45, 2.75) is 24.0 Å². The molecule has 0 radical (unpaired) electrons. The van der Waals surface area contributed by atoms with Crippen LogP contribution in [-0.2, 0) is 16.4 Å². The SMILES string of the molecule is COc1cc(N2C[C@H](C)n3ncc(C#Cc4cccc(S(=O)(=O)F)c4)c3C2=O)ccc1C(F)(F)F. The van der Waals surface area contributed by atoms with Crippen molar-refractivity contribution in [1.29, 1.82) is 0 Å². The number of alkyl halides is 3. The van der Waals surface area contributed by atoms with E-state index in [1.807, 2.05) is 0 Å². The van der Waals surface area contributed by atoms with Gasteiger partial charge in [0.15, 0.2) is 0 Å². The molecule has 0 aliphatic carbocycles. The fourth-order valence-corrected chi connectivity index (χ4v) is 4.23. The maximum Gasteiger partial charge on any atom is 0.419 e. The molecule has 2 aromatic carbocycles. The first kappa shape index (κ1) is 24.3. The molecule has 4 rings (SSSR count). The van der Waals surface area contributed by atoms with Crippen molar-refractivity contribution in [1.82, 2.24) is 9.78 Å². The van der Waals surface area contributed by atoms with Gasteiger partial charge in [-0.05, 0) is 37.3 Å². The number of hydrogen-bond acceptors (Lipinski definition) is 5. The van der Waals surface area contributed by atoms with Gasteiger partial charge in [-0.3, -0.25) is 9.48 Å². The molecular formula is C23H17F4N3O4S. The lowest BCUT2D eigenvalue weighted by Gasteiger charge is -2.32. The van der Waals surface area contributed by atoms with Crippen molar-refractivity contribution in [3.05, 3.63) is 71.0 Å². The highest BCUT2D eigenvalue weighted by Gasteiger charge is 2.37. The summed E-state index contributed by atoms with van der Waals surface area (Å²) in [6.45, 7) is 1.93. The van der Waals surface area contributed by atoms with E-state index in [1.165, 1.54) is 34.0 Å². The van der Waals surface area contributed by atoms with Crippen LogP contribution in [0.2, 0.25) is 0 Å². The Morgan fingerprint density at radius 1 is 1.14 bits per heavy atom. The van der Waals surface area contributed by atoms with Gasteiger partial charge < -0.3 is 9.64 Å². The molecule has 1 aromatic heterocycles. The molecule has 0 N–H and O–H groups in total. The third-order valence-corrected chi connectivity index (χ3v) is 6.18. The fraction of sp³-hybridized carbons (Fsp3) is 0.217. The van der Waals surface area contributed by atoms with E-state index in [0.29, 0.717) is 0 Å². The maximum absolute atomic E-state index is 13.3. The first-order chi connectivity index (χ1) is 16.4. The van der Waals surface area contributed by atoms with Crippen LogP contribution in [0.3, 0.4) is 0 Å². The summed E-state index contributed by atoms with van der Waals surface area (Å²) < 4.78 is 81.6. The van der Waals surface area contributed by atoms with Gasteiger partial charge in [0.2, 0.25) is 0 Å². The van der Waals surface area contributed by atoms with Crippen LogP contribution in [0.4, 0.5) is 22.7 Å². The molecule has 0 spiro atoms. The number of carbonyl (C=O) groups excluding carboxylic acids is 1. The zero-order chi connectivity index (χ0) is 25.5. The second-order valence-electron chi connectivity index (χ2n) is 7.71. The number of halogens is 4. The fourth-order valence-electron chi connectivity index (χ4n) is 3.72. The molecule has 12 heteroatoms. The summed E-state index contributed by atoms with van der Waals surface area (Å²) in [5.41, 5.74) is -0.220. The summed E-state index contributed by atoms with van der Waals surface area (Å²) in [5.74, 6) is 4.49. The van der Waals surface area contributed by atoms with Crippen molar-refractivity contribution in [3.63, 3.8) is 0 Å². The molecule has 7 nitrogen and oxygen atoms in total. The molecule has 1 aliphatic heterocycles. The van der Waals surface area contributed by atoms with Gasteiger partial charge in [-0.2, -0.15) is 26.7 Å². The molecule has 0 fully saturated rings. The van der Waals surface area contributed by atoms with Gasteiger partial charge in [-0.1, -0.05) is 17.9 Å². The average molecular weight is 507 g/mol. The first-order valence-corrected chi connectivity index (χ1v) is 11.5. The minimum absolute atomic E-state index is 0.115. The number of ether oxygens (including phenoxy) is 1. The Balaban J connectivity index is 1.72. The second-order valence-corrected chi connectivity index (χ2v) is 9.06. The largest absolute Gasteiger partial charge is 0.496 e. The van der Waals surface area contributed by atoms with Crippen LogP contribution in [0, 0.1) is 11.8 Å². The predicted octanol–water partition coefficient (Wildman–Crippen LogP) is 4.19. The number of amides is 1. The van der Waals surface area contributed by atoms with E-state index in [-0.39, 0.29) is 35.1 Å². The van der Waals surface area contributed by atoms with Crippen LogP contribution in [0.1, 0.15) is 40.1 Å². The molecule has 0 saturated carbocycles. The smallest absolute Gasteiger partial charge is 0.419 e. The summed E-state index contributed by atoms with van der Waals surface area (Å²) in [6, 6.07) is 7.81. The van der Waals surface area contributed by atoms with E-state index < -0.39 is 38.5 Å². The standard InChI is InChI=1S/C23H17F4N3O4S/c1-14-13-29(17-8-9-19(23(24,25)26)20(11-17)34-2)22(31)21-16(12-28-30(14)21)7-6-15-4-3-5-18(10-15)35(27,32)33/h3-5,8-12,14H,13H2,1-2H3/t14-/m0/s1. The Morgan fingerprint density at radius 2 is 1.89 bits per heavy atom. The van der Waals surface area contributed by atoms with Gasteiger partial charge in [0.05, 0.1) is 35.4 Å².